The Morgan fingerprint density at radius 3 is 2.69 bits per heavy atom. The van der Waals surface area contributed by atoms with Crippen molar-refractivity contribution in [3.8, 4) is 0 Å². The number of nitrogens with zero attached hydrogens (tertiary/aromatic N) is 2. The number of benzene rings is 1. The van der Waals surface area contributed by atoms with Crippen LogP contribution in [0.15, 0.2) is 24.3 Å². The first-order valence-electron chi connectivity index (χ1n) is 8.61. The molecule has 11 heteroatoms. The standard InChI is InChI=1S/C18H18N4O6S/c1-19-16(24)14-12-6-7-21(18(25)28-2)9-13(12)29-17(14)20-15(23)10-4-3-5-11(8-10)22(26)27/h3-5,8H,6-7,9H2,1-2H3,(H,19,24)(H,20,23). The largest absolute Gasteiger partial charge is 0.453 e. The van der Waals surface area contributed by atoms with E-state index < -0.39 is 16.9 Å². The monoisotopic (exact) mass is 418 g/mol. The first kappa shape index (κ1) is 20.3. The maximum Gasteiger partial charge on any atom is 0.409 e. The molecule has 0 saturated heterocycles. The first-order valence-corrected chi connectivity index (χ1v) is 9.42. The number of nitro groups is 1. The van der Waals surface area contributed by atoms with Crippen molar-refractivity contribution in [1.82, 2.24) is 10.2 Å². The summed E-state index contributed by atoms with van der Waals surface area (Å²) < 4.78 is 4.75. The molecule has 10 nitrogen and oxygen atoms in total. The van der Waals surface area contributed by atoms with Gasteiger partial charge in [-0.05, 0) is 18.1 Å². The van der Waals surface area contributed by atoms with E-state index in [2.05, 4.69) is 10.6 Å². The Labute approximate surface area is 169 Å². The van der Waals surface area contributed by atoms with Gasteiger partial charge < -0.3 is 20.3 Å². The molecule has 0 saturated carbocycles. The number of rotatable bonds is 4. The molecule has 2 aromatic rings. The topological polar surface area (TPSA) is 131 Å². The van der Waals surface area contributed by atoms with E-state index in [-0.39, 0.29) is 23.7 Å². The minimum atomic E-state index is -0.585. The van der Waals surface area contributed by atoms with E-state index in [4.69, 9.17) is 4.74 Å². The van der Waals surface area contributed by atoms with Gasteiger partial charge in [0.15, 0.2) is 0 Å². The zero-order valence-electron chi connectivity index (χ0n) is 15.7. The fourth-order valence-electron chi connectivity index (χ4n) is 3.08. The number of nitrogens with one attached hydrogen (secondary N) is 2. The molecule has 1 aromatic heterocycles. The molecule has 1 aliphatic rings. The molecule has 2 heterocycles. The van der Waals surface area contributed by atoms with Crippen molar-refractivity contribution < 1.29 is 24.0 Å². The van der Waals surface area contributed by atoms with Gasteiger partial charge in [0, 0.05) is 36.2 Å². The van der Waals surface area contributed by atoms with E-state index in [0.29, 0.717) is 23.5 Å². The molecule has 3 rings (SSSR count). The number of carbonyl (C=O) groups excluding carboxylic acids is 3. The van der Waals surface area contributed by atoms with Crippen LogP contribution in [0, 0.1) is 10.1 Å². The predicted molar refractivity (Wildman–Crippen MR) is 105 cm³/mol. The molecule has 0 atom stereocenters. The van der Waals surface area contributed by atoms with E-state index in [0.717, 1.165) is 10.4 Å². The molecule has 0 unspecified atom stereocenters. The second kappa shape index (κ2) is 8.27. The number of anilines is 1. The van der Waals surface area contributed by atoms with Gasteiger partial charge in [0.2, 0.25) is 0 Å². The number of nitro benzene ring substituents is 1. The minimum Gasteiger partial charge on any atom is -0.453 e. The fourth-order valence-corrected chi connectivity index (χ4v) is 4.33. The van der Waals surface area contributed by atoms with Gasteiger partial charge in [-0.2, -0.15) is 0 Å². The molecule has 0 fully saturated rings. The van der Waals surface area contributed by atoms with Crippen LogP contribution in [0.1, 0.15) is 31.2 Å². The highest BCUT2D eigenvalue weighted by molar-refractivity contribution is 7.17. The zero-order valence-corrected chi connectivity index (χ0v) is 16.5. The smallest absolute Gasteiger partial charge is 0.409 e. The molecule has 152 valence electrons. The molecule has 3 amide bonds. The van der Waals surface area contributed by atoms with Crippen LogP contribution < -0.4 is 10.6 Å². The number of methoxy groups -OCH3 is 1. The molecule has 0 spiro atoms. The first-order chi connectivity index (χ1) is 13.8. The maximum atomic E-state index is 12.6. The lowest BCUT2D eigenvalue weighted by molar-refractivity contribution is -0.384. The summed E-state index contributed by atoms with van der Waals surface area (Å²) in [6.45, 7) is 0.655. The molecule has 0 aliphatic carbocycles. The number of fused-ring (bicyclic) bond motifs is 1. The van der Waals surface area contributed by atoms with E-state index in [1.165, 1.54) is 54.7 Å². The van der Waals surface area contributed by atoms with Crippen LogP contribution >= 0.6 is 11.3 Å². The maximum absolute atomic E-state index is 12.6. The van der Waals surface area contributed by atoms with Crippen LogP contribution in [0.25, 0.3) is 0 Å². The van der Waals surface area contributed by atoms with Crippen molar-refractivity contribution in [3.05, 3.63) is 55.9 Å². The van der Waals surface area contributed by atoms with Gasteiger partial charge in [-0.25, -0.2) is 4.79 Å². The number of hydrogen-bond donors (Lipinski definition) is 2. The van der Waals surface area contributed by atoms with Crippen LogP contribution in [0.5, 0.6) is 0 Å². The molecule has 1 aromatic carbocycles. The van der Waals surface area contributed by atoms with Gasteiger partial charge in [-0.3, -0.25) is 19.7 Å². The molecular weight excluding hydrogens is 400 g/mol. The number of carbonyl (C=O) groups is 3. The van der Waals surface area contributed by atoms with Crippen molar-refractivity contribution in [2.75, 3.05) is 26.0 Å². The summed E-state index contributed by atoms with van der Waals surface area (Å²) in [6, 6.07) is 5.33. The second-order valence-corrected chi connectivity index (χ2v) is 7.30. The molecular formula is C18H18N4O6S. The quantitative estimate of drug-likeness (QED) is 0.579. The summed E-state index contributed by atoms with van der Waals surface area (Å²) >= 11 is 1.19. The van der Waals surface area contributed by atoms with E-state index in [1.807, 2.05) is 0 Å². The van der Waals surface area contributed by atoms with Gasteiger partial charge in [-0.15, -0.1) is 11.3 Å². The van der Waals surface area contributed by atoms with Gasteiger partial charge in [0.25, 0.3) is 17.5 Å². The van der Waals surface area contributed by atoms with E-state index >= 15 is 0 Å². The third kappa shape index (κ3) is 4.04. The van der Waals surface area contributed by atoms with Crippen LogP contribution in [0.2, 0.25) is 0 Å². The molecule has 0 radical (unpaired) electrons. The Bertz CT molecular complexity index is 1000. The summed E-state index contributed by atoms with van der Waals surface area (Å²) in [5.41, 5.74) is 1.01. The molecule has 2 N–H and O–H groups in total. The van der Waals surface area contributed by atoms with E-state index in [1.54, 1.807) is 0 Å². The van der Waals surface area contributed by atoms with Gasteiger partial charge >= 0.3 is 6.09 Å². The Balaban J connectivity index is 1.93. The van der Waals surface area contributed by atoms with Crippen molar-refractivity contribution >= 4 is 39.9 Å². The second-order valence-electron chi connectivity index (χ2n) is 6.19. The van der Waals surface area contributed by atoms with Crippen LogP contribution in [-0.4, -0.2) is 48.4 Å². The van der Waals surface area contributed by atoms with Gasteiger partial charge in [0.1, 0.15) is 5.00 Å². The summed E-state index contributed by atoms with van der Waals surface area (Å²) in [7, 11) is 2.79. The van der Waals surface area contributed by atoms with Crippen LogP contribution in [0.4, 0.5) is 15.5 Å². The average molecular weight is 418 g/mol. The van der Waals surface area contributed by atoms with Crippen LogP contribution in [-0.2, 0) is 17.7 Å². The van der Waals surface area contributed by atoms with Crippen molar-refractivity contribution in [3.63, 3.8) is 0 Å². The Morgan fingerprint density at radius 2 is 2.03 bits per heavy atom. The average Bonchev–Trinajstić information content (AvgIpc) is 3.09. The van der Waals surface area contributed by atoms with Crippen molar-refractivity contribution in [2.45, 2.75) is 13.0 Å². The van der Waals surface area contributed by atoms with Gasteiger partial charge in [-0.1, -0.05) is 6.07 Å². The highest BCUT2D eigenvalue weighted by atomic mass is 32.1. The Morgan fingerprint density at radius 1 is 1.28 bits per heavy atom. The molecule has 29 heavy (non-hydrogen) atoms. The lowest BCUT2D eigenvalue weighted by atomic mass is 10.0. The Hall–Kier alpha value is -3.47. The summed E-state index contributed by atoms with van der Waals surface area (Å²) in [6.07, 6.45) is -0.0242. The zero-order chi connectivity index (χ0) is 21.1. The molecule has 1 aliphatic heterocycles. The molecule has 0 bridgehead atoms. The number of thiophene rings is 1. The predicted octanol–water partition coefficient (Wildman–Crippen LogP) is 2.39. The normalized spacial score (nSPS) is 12.7. The number of amides is 3. The van der Waals surface area contributed by atoms with Crippen molar-refractivity contribution in [2.24, 2.45) is 0 Å². The number of non-ortho nitro benzene ring substituents is 1. The lowest BCUT2D eigenvalue weighted by Gasteiger charge is -2.25. The van der Waals surface area contributed by atoms with E-state index in [9.17, 15) is 24.5 Å². The lowest BCUT2D eigenvalue weighted by Crippen LogP contribution is -2.35. The number of hydrogen-bond acceptors (Lipinski definition) is 7. The summed E-state index contributed by atoms with van der Waals surface area (Å²) in [5, 5.41) is 16.5. The van der Waals surface area contributed by atoms with Gasteiger partial charge in [0.05, 0.1) is 24.1 Å². The third-order valence-electron chi connectivity index (χ3n) is 4.49. The summed E-state index contributed by atoms with van der Waals surface area (Å²) in [4.78, 5) is 49.5. The van der Waals surface area contributed by atoms with Crippen LogP contribution in [0.3, 0.4) is 0 Å². The third-order valence-corrected chi connectivity index (χ3v) is 5.62. The van der Waals surface area contributed by atoms with Crippen molar-refractivity contribution in [1.29, 1.82) is 0 Å². The number of ether oxygens (including phenoxy) is 1. The SMILES string of the molecule is CNC(=O)c1c(NC(=O)c2cccc([N+](=O)[O-])c2)sc2c1CCN(C(=O)OC)C2. The summed E-state index contributed by atoms with van der Waals surface area (Å²) in [5.74, 6) is -0.925. The fraction of sp³-hybridized carbons (Fsp3) is 0.278. The minimum absolute atomic E-state index is 0.101. The highest BCUT2D eigenvalue weighted by Crippen LogP contribution is 2.37. The highest BCUT2D eigenvalue weighted by Gasteiger charge is 2.30. The Kier molecular flexibility index (Phi) is 5.78.